The maximum absolute atomic E-state index is 9.10. The Morgan fingerprint density at radius 3 is 2.54 bits per heavy atom. The molecule has 0 radical (unpaired) electrons. The second-order valence-electron chi connectivity index (χ2n) is 4.31. The summed E-state index contributed by atoms with van der Waals surface area (Å²) in [5.74, 6) is -0.501. The van der Waals surface area contributed by atoms with Crippen molar-refractivity contribution in [3.63, 3.8) is 0 Å². The third-order valence-corrected chi connectivity index (χ3v) is 2.73. The molecule has 0 spiro atoms. The van der Waals surface area contributed by atoms with Crippen LogP contribution in [0.5, 0.6) is 0 Å². The number of fused-ring (bicyclic) bond motifs is 1. The number of hydrogen-bond donors (Lipinski definition) is 2. The second kappa shape index (κ2) is 2.92. The highest BCUT2D eigenvalue weighted by atomic mass is 16.8. The Morgan fingerprint density at radius 2 is 1.92 bits per heavy atom. The van der Waals surface area contributed by atoms with E-state index >= 15 is 0 Å². The molecule has 0 saturated carbocycles. The lowest BCUT2D eigenvalue weighted by atomic mass is 10.1. The van der Waals surface area contributed by atoms with Gasteiger partial charge in [0.2, 0.25) is 0 Å². The minimum Gasteiger partial charge on any atom is -0.395 e. The van der Waals surface area contributed by atoms with Gasteiger partial charge in [-0.25, -0.2) is 0 Å². The monoisotopic (exact) mass is 187 g/mol. The molecule has 2 saturated heterocycles. The van der Waals surface area contributed by atoms with Gasteiger partial charge in [0.05, 0.1) is 12.6 Å². The summed E-state index contributed by atoms with van der Waals surface area (Å²) in [5.41, 5.74) is 0. The van der Waals surface area contributed by atoms with Crippen LogP contribution in [0, 0.1) is 0 Å². The number of rotatable bonds is 1. The molecule has 2 N–H and O–H groups in total. The predicted molar refractivity (Wildman–Crippen MR) is 47.3 cm³/mol. The van der Waals surface area contributed by atoms with E-state index in [0.717, 1.165) is 0 Å². The average molecular weight is 187 g/mol. The summed E-state index contributed by atoms with van der Waals surface area (Å²) in [6, 6.07) is 0.269. The van der Waals surface area contributed by atoms with Crippen molar-refractivity contribution in [2.45, 2.75) is 50.8 Å². The van der Waals surface area contributed by atoms with Gasteiger partial charge in [-0.3, -0.25) is 0 Å². The van der Waals surface area contributed by atoms with Crippen molar-refractivity contribution in [1.82, 2.24) is 5.32 Å². The molecule has 2 rings (SSSR count). The van der Waals surface area contributed by atoms with Crippen LogP contribution in [0.2, 0.25) is 0 Å². The molecule has 0 aromatic rings. The van der Waals surface area contributed by atoms with E-state index in [1.165, 1.54) is 0 Å². The van der Waals surface area contributed by atoms with Crippen LogP contribution in [-0.2, 0) is 9.47 Å². The molecule has 0 aromatic carbocycles. The average Bonchev–Trinajstić information content (AvgIpc) is 2.47. The van der Waals surface area contributed by atoms with Gasteiger partial charge >= 0.3 is 0 Å². The van der Waals surface area contributed by atoms with E-state index in [1.54, 1.807) is 0 Å². The van der Waals surface area contributed by atoms with Crippen molar-refractivity contribution in [1.29, 1.82) is 0 Å². The van der Waals surface area contributed by atoms with Crippen molar-refractivity contribution in [2.24, 2.45) is 0 Å². The van der Waals surface area contributed by atoms with Gasteiger partial charge in [-0.1, -0.05) is 0 Å². The van der Waals surface area contributed by atoms with E-state index in [2.05, 4.69) is 12.2 Å². The zero-order valence-electron chi connectivity index (χ0n) is 8.28. The van der Waals surface area contributed by atoms with Crippen LogP contribution in [0.4, 0.5) is 0 Å². The number of ether oxygens (including phenoxy) is 2. The highest BCUT2D eigenvalue weighted by molar-refractivity contribution is 5.02. The van der Waals surface area contributed by atoms with Gasteiger partial charge < -0.3 is 19.9 Å². The Morgan fingerprint density at radius 1 is 1.31 bits per heavy atom. The van der Waals surface area contributed by atoms with Gasteiger partial charge in [-0.2, -0.15) is 0 Å². The summed E-state index contributed by atoms with van der Waals surface area (Å²) in [6.45, 7) is 5.97. The van der Waals surface area contributed by atoms with Crippen LogP contribution >= 0.6 is 0 Å². The third kappa shape index (κ3) is 1.48. The Labute approximate surface area is 78.2 Å². The van der Waals surface area contributed by atoms with E-state index in [1.807, 2.05) is 13.8 Å². The van der Waals surface area contributed by atoms with Gasteiger partial charge in [0.15, 0.2) is 5.79 Å². The molecule has 0 aliphatic carbocycles. The molecule has 2 aliphatic heterocycles. The molecule has 2 heterocycles. The molecule has 4 atom stereocenters. The predicted octanol–water partition coefficient (Wildman–Crippen LogP) is -0.141. The van der Waals surface area contributed by atoms with Crippen molar-refractivity contribution in [3.05, 3.63) is 0 Å². The molecular formula is C9H17NO3. The first-order valence-corrected chi connectivity index (χ1v) is 4.76. The highest BCUT2D eigenvalue weighted by Crippen LogP contribution is 2.35. The lowest BCUT2D eigenvalue weighted by Crippen LogP contribution is -2.39. The summed E-state index contributed by atoms with van der Waals surface area (Å²) >= 11 is 0. The summed E-state index contributed by atoms with van der Waals surface area (Å²) in [5, 5.41) is 12.3. The molecule has 0 aromatic heterocycles. The molecule has 13 heavy (non-hydrogen) atoms. The Hall–Kier alpha value is -0.160. The molecular weight excluding hydrogens is 170 g/mol. The van der Waals surface area contributed by atoms with Crippen LogP contribution in [0.3, 0.4) is 0 Å². The zero-order chi connectivity index (χ0) is 9.64. The fourth-order valence-electron chi connectivity index (χ4n) is 2.20. The maximum atomic E-state index is 9.10. The first-order chi connectivity index (χ1) is 6.03. The number of aliphatic hydroxyl groups is 1. The highest BCUT2D eigenvalue weighted by Gasteiger charge is 2.51. The minimum atomic E-state index is -0.501. The van der Waals surface area contributed by atoms with E-state index in [0.29, 0.717) is 0 Å². The van der Waals surface area contributed by atoms with Crippen LogP contribution < -0.4 is 5.32 Å². The maximum Gasteiger partial charge on any atom is 0.163 e. The lowest BCUT2D eigenvalue weighted by Gasteiger charge is -2.22. The first kappa shape index (κ1) is 9.40. The summed E-state index contributed by atoms with van der Waals surface area (Å²) in [4.78, 5) is 0. The van der Waals surface area contributed by atoms with Gasteiger partial charge in [-0.05, 0) is 20.8 Å². The van der Waals surface area contributed by atoms with Crippen LogP contribution in [0.1, 0.15) is 20.8 Å². The molecule has 4 heteroatoms. The number of hydrogen-bond acceptors (Lipinski definition) is 4. The van der Waals surface area contributed by atoms with Gasteiger partial charge in [-0.15, -0.1) is 0 Å². The Bertz CT molecular complexity index is 207. The molecule has 0 unspecified atom stereocenters. The van der Waals surface area contributed by atoms with E-state index in [9.17, 15) is 0 Å². The fourth-order valence-corrected chi connectivity index (χ4v) is 2.20. The smallest absolute Gasteiger partial charge is 0.163 e. The van der Waals surface area contributed by atoms with Gasteiger partial charge in [0, 0.05) is 6.04 Å². The molecule has 2 fully saturated rings. The van der Waals surface area contributed by atoms with Crippen LogP contribution in [0.25, 0.3) is 0 Å². The minimum absolute atomic E-state index is 0.00463. The molecule has 0 amide bonds. The Kier molecular flexibility index (Phi) is 2.11. The molecule has 4 nitrogen and oxygen atoms in total. The normalized spacial score (nSPS) is 48.0. The van der Waals surface area contributed by atoms with Crippen molar-refractivity contribution >= 4 is 0 Å². The molecule has 2 aliphatic rings. The van der Waals surface area contributed by atoms with Crippen LogP contribution in [-0.4, -0.2) is 41.8 Å². The zero-order valence-corrected chi connectivity index (χ0v) is 8.28. The van der Waals surface area contributed by atoms with Gasteiger partial charge in [0.1, 0.15) is 12.2 Å². The van der Waals surface area contributed by atoms with Crippen LogP contribution in [0.15, 0.2) is 0 Å². The summed E-state index contributed by atoms with van der Waals surface area (Å²) < 4.78 is 11.4. The van der Waals surface area contributed by atoms with Gasteiger partial charge in [0.25, 0.3) is 0 Å². The van der Waals surface area contributed by atoms with E-state index in [4.69, 9.17) is 14.6 Å². The Balaban J connectivity index is 2.12. The first-order valence-electron chi connectivity index (χ1n) is 4.76. The number of nitrogens with one attached hydrogen (secondary N) is 1. The van der Waals surface area contributed by atoms with Crippen molar-refractivity contribution in [3.8, 4) is 0 Å². The third-order valence-electron chi connectivity index (χ3n) is 2.73. The standard InChI is InChI=1S/C9H17NO3/c1-5-7-8(6(4-11)10-5)13-9(2,3)12-7/h5-8,10-11H,4H2,1-3H3/t5-,6-,7+,8-/m1/s1. The van der Waals surface area contributed by atoms with E-state index in [-0.39, 0.29) is 30.9 Å². The lowest BCUT2D eigenvalue weighted by molar-refractivity contribution is -0.157. The van der Waals surface area contributed by atoms with Crippen molar-refractivity contribution in [2.75, 3.05) is 6.61 Å². The quantitative estimate of drug-likeness (QED) is 0.600. The second-order valence-corrected chi connectivity index (χ2v) is 4.31. The van der Waals surface area contributed by atoms with E-state index < -0.39 is 5.79 Å². The summed E-state index contributed by atoms with van der Waals surface area (Å²) in [6.07, 6.45) is 0.0714. The largest absolute Gasteiger partial charge is 0.395 e. The van der Waals surface area contributed by atoms with Crippen molar-refractivity contribution < 1.29 is 14.6 Å². The summed E-state index contributed by atoms with van der Waals surface area (Å²) in [7, 11) is 0. The topological polar surface area (TPSA) is 50.7 Å². The number of aliphatic hydroxyl groups excluding tert-OH is 1. The molecule has 0 bridgehead atoms. The molecule has 76 valence electrons. The fraction of sp³-hybridized carbons (Fsp3) is 1.00. The SMILES string of the molecule is C[C@H]1N[C@H](CO)[C@H]2OC(C)(C)O[C@H]21.